The van der Waals surface area contributed by atoms with Gasteiger partial charge in [-0.25, -0.2) is 9.59 Å². The third kappa shape index (κ3) is 2.48. The number of carboxylic acids is 1. The fourth-order valence-corrected chi connectivity index (χ4v) is 2.25. The van der Waals surface area contributed by atoms with Crippen LogP contribution in [0.5, 0.6) is 0 Å². The molecule has 0 aromatic heterocycles. The Hall–Kier alpha value is -2.04. The van der Waals surface area contributed by atoms with E-state index in [-0.39, 0.29) is 6.03 Å². The predicted octanol–water partition coefficient (Wildman–Crippen LogP) is 1.96. The predicted molar refractivity (Wildman–Crippen MR) is 75.4 cm³/mol. The average Bonchev–Trinajstić information content (AvgIpc) is 2.44. The van der Waals surface area contributed by atoms with Gasteiger partial charge in [0.25, 0.3) is 0 Å². The van der Waals surface area contributed by atoms with Gasteiger partial charge in [0.05, 0.1) is 0 Å². The first-order valence-corrected chi connectivity index (χ1v) is 6.67. The highest BCUT2D eigenvalue weighted by Crippen LogP contribution is 2.22. The number of hydrogen-bond donors (Lipinski definition) is 1. The van der Waals surface area contributed by atoms with Gasteiger partial charge in [-0.2, -0.15) is 0 Å². The number of urea groups is 1. The first-order chi connectivity index (χ1) is 9.34. The fraction of sp³-hybridized carbons (Fsp3) is 0.467. The summed E-state index contributed by atoms with van der Waals surface area (Å²) in [5.74, 6) is -1.01. The second-order valence-corrected chi connectivity index (χ2v) is 5.65. The van der Waals surface area contributed by atoms with Crippen molar-refractivity contribution in [3.63, 3.8) is 0 Å². The number of benzene rings is 1. The number of likely N-dealkylation sites (N-methyl/N-ethyl adjacent to an activating group) is 1. The molecule has 0 unspecified atom stereocenters. The quantitative estimate of drug-likeness (QED) is 0.898. The standard InChI is InChI=1S/C15H20N2O3/c1-15(2,13(18)19)16(3)14(20)17-9-8-11-6-4-5-7-12(11)10-17/h4-7H,8-10H2,1-3H3,(H,18,19). The van der Waals surface area contributed by atoms with E-state index in [1.165, 1.54) is 31.4 Å². The van der Waals surface area contributed by atoms with Crippen LogP contribution in [0.3, 0.4) is 0 Å². The van der Waals surface area contributed by atoms with Gasteiger partial charge in [-0.3, -0.25) is 0 Å². The van der Waals surface area contributed by atoms with Crippen LogP contribution in [0.4, 0.5) is 4.79 Å². The monoisotopic (exact) mass is 276 g/mol. The molecule has 0 bridgehead atoms. The van der Waals surface area contributed by atoms with Crippen molar-refractivity contribution < 1.29 is 14.7 Å². The minimum atomic E-state index is -1.21. The summed E-state index contributed by atoms with van der Waals surface area (Å²) in [5, 5.41) is 9.20. The van der Waals surface area contributed by atoms with Crippen LogP contribution in [0.25, 0.3) is 0 Å². The van der Waals surface area contributed by atoms with E-state index < -0.39 is 11.5 Å². The molecule has 0 saturated carbocycles. The highest BCUT2D eigenvalue weighted by atomic mass is 16.4. The maximum absolute atomic E-state index is 12.4. The zero-order valence-electron chi connectivity index (χ0n) is 12.1. The van der Waals surface area contributed by atoms with Crippen LogP contribution in [0.1, 0.15) is 25.0 Å². The van der Waals surface area contributed by atoms with Crippen LogP contribution in [-0.4, -0.2) is 46.0 Å². The van der Waals surface area contributed by atoms with Gasteiger partial charge in [-0.1, -0.05) is 24.3 Å². The summed E-state index contributed by atoms with van der Waals surface area (Å²) in [6.07, 6.45) is 0.809. The molecule has 1 heterocycles. The number of carbonyl (C=O) groups excluding carboxylic acids is 1. The molecule has 2 amide bonds. The highest BCUT2D eigenvalue weighted by molar-refractivity contribution is 5.85. The Morgan fingerprint density at radius 2 is 1.85 bits per heavy atom. The third-order valence-corrected chi connectivity index (χ3v) is 4.05. The lowest BCUT2D eigenvalue weighted by atomic mass is 10.00. The van der Waals surface area contributed by atoms with Crippen LogP contribution in [0, 0.1) is 0 Å². The SMILES string of the molecule is CN(C(=O)N1CCc2ccccc2C1)C(C)(C)C(=O)O. The summed E-state index contributed by atoms with van der Waals surface area (Å²) in [5.41, 5.74) is 1.18. The topological polar surface area (TPSA) is 60.9 Å². The molecule has 1 N–H and O–H groups in total. The van der Waals surface area contributed by atoms with Gasteiger partial charge in [-0.15, -0.1) is 0 Å². The van der Waals surface area contributed by atoms with Crippen molar-refractivity contribution in [2.45, 2.75) is 32.4 Å². The van der Waals surface area contributed by atoms with E-state index in [2.05, 4.69) is 6.07 Å². The summed E-state index contributed by atoms with van der Waals surface area (Å²) in [6, 6.07) is 7.79. The average molecular weight is 276 g/mol. The van der Waals surface area contributed by atoms with Crippen LogP contribution >= 0.6 is 0 Å². The zero-order valence-corrected chi connectivity index (χ0v) is 12.1. The van der Waals surface area contributed by atoms with E-state index in [0.29, 0.717) is 13.1 Å². The Balaban J connectivity index is 2.14. The van der Waals surface area contributed by atoms with Crippen molar-refractivity contribution in [2.24, 2.45) is 0 Å². The van der Waals surface area contributed by atoms with Gasteiger partial charge in [0, 0.05) is 20.1 Å². The second kappa shape index (κ2) is 5.15. The molecule has 1 aromatic carbocycles. The first kappa shape index (κ1) is 14.4. The molecule has 0 radical (unpaired) electrons. The molecule has 0 spiro atoms. The van der Waals surface area contributed by atoms with Crippen LogP contribution < -0.4 is 0 Å². The number of nitrogens with zero attached hydrogens (tertiary/aromatic N) is 2. The number of rotatable bonds is 2. The molecule has 5 heteroatoms. The lowest BCUT2D eigenvalue weighted by molar-refractivity contribution is -0.147. The molecule has 5 nitrogen and oxygen atoms in total. The Kier molecular flexibility index (Phi) is 3.70. The number of hydrogen-bond acceptors (Lipinski definition) is 2. The molecule has 0 saturated heterocycles. The van der Waals surface area contributed by atoms with Crippen molar-refractivity contribution in [1.29, 1.82) is 0 Å². The molecular formula is C15H20N2O3. The summed E-state index contributed by atoms with van der Waals surface area (Å²) >= 11 is 0. The van der Waals surface area contributed by atoms with E-state index >= 15 is 0 Å². The van der Waals surface area contributed by atoms with E-state index in [0.717, 1.165) is 12.0 Å². The zero-order chi connectivity index (χ0) is 14.9. The number of carboxylic acid groups (broad SMARTS) is 1. The van der Waals surface area contributed by atoms with Crippen molar-refractivity contribution in [3.8, 4) is 0 Å². The van der Waals surface area contributed by atoms with Crippen molar-refractivity contribution >= 4 is 12.0 Å². The molecule has 1 aliphatic heterocycles. The summed E-state index contributed by atoms with van der Waals surface area (Å²) in [6.45, 7) is 4.22. The van der Waals surface area contributed by atoms with E-state index in [1.54, 1.807) is 4.90 Å². The molecule has 108 valence electrons. The van der Waals surface area contributed by atoms with Crippen LogP contribution in [0.2, 0.25) is 0 Å². The Labute approximate surface area is 118 Å². The minimum Gasteiger partial charge on any atom is -0.480 e. The smallest absolute Gasteiger partial charge is 0.329 e. The van der Waals surface area contributed by atoms with Crippen molar-refractivity contribution in [1.82, 2.24) is 9.80 Å². The van der Waals surface area contributed by atoms with E-state index in [1.807, 2.05) is 18.2 Å². The maximum atomic E-state index is 12.4. The number of carbonyl (C=O) groups is 2. The number of aliphatic carboxylic acids is 1. The Morgan fingerprint density at radius 1 is 1.25 bits per heavy atom. The highest BCUT2D eigenvalue weighted by Gasteiger charge is 2.37. The van der Waals surface area contributed by atoms with Gasteiger partial charge in [0.2, 0.25) is 0 Å². The fourth-order valence-electron chi connectivity index (χ4n) is 2.25. The Bertz CT molecular complexity index is 540. The van der Waals surface area contributed by atoms with Crippen molar-refractivity contribution in [2.75, 3.05) is 13.6 Å². The molecular weight excluding hydrogens is 256 g/mol. The molecule has 2 rings (SSSR count). The van der Waals surface area contributed by atoms with E-state index in [4.69, 9.17) is 0 Å². The normalized spacial score (nSPS) is 14.7. The summed E-state index contributed by atoms with van der Waals surface area (Å²) in [4.78, 5) is 26.7. The minimum absolute atomic E-state index is 0.244. The molecule has 0 atom stereocenters. The molecule has 1 aliphatic rings. The molecule has 0 aliphatic carbocycles. The van der Waals surface area contributed by atoms with Crippen molar-refractivity contribution in [3.05, 3.63) is 35.4 Å². The van der Waals surface area contributed by atoms with Gasteiger partial charge in [0.15, 0.2) is 0 Å². The lowest BCUT2D eigenvalue weighted by Crippen LogP contribution is -2.55. The second-order valence-electron chi connectivity index (χ2n) is 5.65. The van der Waals surface area contributed by atoms with Crippen LogP contribution in [-0.2, 0) is 17.8 Å². The first-order valence-electron chi connectivity index (χ1n) is 6.67. The lowest BCUT2D eigenvalue weighted by Gasteiger charge is -2.37. The molecule has 1 aromatic rings. The van der Waals surface area contributed by atoms with Crippen LogP contribution in [0.15, 0.2) is 24.3 Å². The summed E-state index contributed by atoms with van der Waals surface area (Å²) < 4.78 is 0. The van der Waals surface area contributed by atoms with Gasteiger partial charge in [-0.05, 0) is 31.4 Å². The largest absolute Gasteiger partial charge is 0.480 e. The summed E-state index contributed by atoms with van der Waals surface area (Å²) in [7, 11) is 1.54. The molecule has 0 fully saturated rings. The van der Waals surface area contributed by atoms with Gasteiger partial charge in [0.1, 0.15) is 5.54 Å². The third-order valence-electron chi connectivity index (χ3n) is 4.05. The Morgan fingerprint density at radius 3 is 2.45 bits per heavy atom. The van der Waals surface area contributed by atoms with Gasteiger partial charge < -0.3 is 14.9 Å². The van der Waals surface area contributed by atoms with Gasteiger partial charge >= 0.3 is 12.0 Å². The van der Waals surface area contributed by atoms with E-state index in [9.17, 15) is 14.7 Å². The maximum Gasteiger partial charge on any atom is 0.329 e. The number of amides is 2. The number of fused-ring (bicyclic) bond motifs is 1. The molecule has 20 heavy (non-hydrogen) atoms.